The molecule has 0 amide bonds. The van der Waals surface area contributed by atoms with E-state index in [0.717, 1.165) is 38.5 Å². The summed E-state index contributed by atoms with van der Waals surface area (Å²) in [7, 11) is -3.45. The van der Waals surface area contributed by atoms with Gasteiger partial charge in [-0.05, 0) is 12.8 Å². The van der Waals surface area contributed by atoms with Gasteiger partial charge in [-0.2, -0.15) is 0 Å². The molecule has 0 aliphatic carbocycles. The van der Waals surface area contributed by atoms with Crippen molar-refractivity contribution >= 4 is 27.6 Å². The molecule has 0 rings (SSSR count). The van der Waals surface area contributed by atoms with Crippen LogP contribution in [0.15, 0.2) is 0 Å². The maximum atomic E-state index is 13.0. The van der Waals surface area contributed by atoms with E-state index in [1.54, 1.807) is 0 Å². The molecule has 17 heteroatoms. The lowest BCUT2D eigenvalue weighted by Gasteiger charge is -2.26. The van der Waals surface area contributed by atoms with Gasteiger partial charge >= 0.3 is 27.6 Å². The van der Waals surface area contributed by atoms with Crippen LogP contribution >= 0.6 is 15.6 Å². The molecule has 370 valence electrons. The van der Waals surface area contributed by atoms with E-state index in [9.17, 15) is 28.5 Å². The maximum absolute atomic E-state index is 13.0. The summed E-state index contributed by atoms with van der Waals surface area (Å²) in [5, 5.41) is 0. The standard InChI is InChI=1S/C45H92N2O13P2/c1-6-8-10-12-14-16-18-20-22-24-26-28-30-32-44(48)55-38-42(41-59-61(50,51)57-36-34-46)54-39-43(60-62(52,53)58-37-35-47(3,4)5)40-56-45(49)33-31-29-27-25-23-21-19-17-15-13-11-9-7-2/h42-43H,6-41,46H2,1-5H3,(H-,50,51,52,53)/p+1/t42-,43+/m1/s1. The maximum Gasteiger partial charge on any atom is 0.472 e. The summed E-state index contributed by atoms with van der Waals surface area (Å²) in [6, 6.07) is 0. The van der Waals surface area contributed by atoms with Gasteiger partial charge in [0.1, 0.15) is 38.6 Å². The number of esters is 2. The van der Waals surface area contributed by atoms with Crippen LogP contribution in [0.4, 0.5) is 0 Å². The molecule has 0 aromatic heterocycles. The molecule has 4 atom stereocenters. The lowest BCUT2D eigenvalue weighted by atomic mass is 10.0. The van der Waals surface area contributed by atoms with E-state index in [4.69, 9.17) is 38.0 Å². The molecule has 0 aliphatic heterocycles. The zero-order valence-corrected chi connectivity index (χ0v) is 41.7. The van der Waals surface area contributed by atoms with E-state index >= 15 is 0 Å². The Labute approximate surface area is 377 Å². The minimum atomic E-state index is -4.64. The number of likely N-dealkylation sites (N-methyl/N-ethyl adjacent to an activating group) is 1. The summed E-state index contributed by atoms with van der Waals surface area (Å²) in [6.07, 6.45) is 28.6. The number of phosphoric ester groups is 2. The second kappa shape index (κ2) is 40.3. The van der Waals surface area contributed by atoms with Crippen LogP contribution in [0.25, 0.3) is 0 Å². The number of nitrogens with two attached hydrogens (primary N) is 1. The average Bonchev–Trinajstić information content (AvgIpc) is 3.21. The minimum Gasteiger partial charge on any atom is -0.463 e. The van der Waals surface area contributed by atoms with Gasteiger partial charge in [-0.15, -0.1) is 0 Å². The van der Waals surface area contributed by atoms with Crippen LogP contribution in [0.2, 0.25) is 0 Å². The highest BCUT2D eigenvalue weighted by Gasteiger charge is 2.31. The van der Waals surface area contributed by atoms with E-state index in [2.05, 4.69) is 13.8 Å². The molecular formula is C45H93N2O13P2+. The second-order valence-electron chi connectivity index (χ2n) is 17.7. The molecule has 0 aromatic rings. The number of unbranched alkanes of at least 4 members (excludes halogenated alkanes) is 24. The highest BCUT2D eigenvalue weighted by molar-refractivity contribution is 7.47. The van der Waals surface area contributed by atoms with Crippen molar-refractivity contribution in [1.82, 2.24) is 0 Å². The molecule has 0 aromatic carbocycles. The Balaban J connectivity index is 5.09. The zero-order chi connectivity index (χ0) is 46.2. The third-order valence-electron chi connectivity index (χ3n) is 10.4. The predicted octanol–water partition coefficient (Wildman–Crippen LogP) is 10.7. The summed E-state index contributed by atoms with van der Waals surface area (Å²) in [5.41, 5.74) is 5.39. The van der Waals surface area contributed by atoms with Crippen LogP contribution in [0.3, 0.4) is 0 Å². The number of phosphoric acid groups is 2. The van der Waals surface area contributed by atoms with E-state index in [0.29, 0.717) is 23.9 Å². The molecule has 0 aliphatic rings. The van der Waals surface area contributed by atoms with Gasteiger partial charge in [0.25, 0.3) is 0 Å². The van der Waals surface area contributed by atoms with Gasteiger partial charge in [-0.1, -0.05) is 168 Å². The summed E-state index contributed by atoms with van der Waals surface area (Å²) < 4.78 is 63.2. The Hall–Kier alpha value is -0.960. The minimum absolute atomic E-state index is 0.0141. The van der Waals surface area contributed by atoms with Crippen LogP contribution in [-0.2, 0) is 51.0 Å². The Morgan fingerprint density at radius 3 is 1.26 bits per heavy atom. The first-order valence-corrected chi connectivity index (χ1v) is 27.3. The van der Waals surface area contributed by atoms with Gasteiger partial charge in [-0.25, -0.2) is 9.13 Å². The monoisotopic (exact) mass is 932 g/mol. The molecule has 0 heterocycles. The number of hydrogen-bond donors (Lipinski definition) is 3. The molecule has 0 spiro atoms. The molecule has 2 unspecified atom stereocenters. The van der Waals surface area contributed by atoms with Gasteiger partial charge in [0, 0.05) is 19.4 Å². The van der Waals surface area contributed by atoms with Gasteiger partial charge < -0.3 is 34.2 Å². The van der Waals surface area contributed by atoms with Crippen LogP contribution in [0.1, 0.15) is 194 Å². The Bertz CT molecular complexity index is 1160. The first-order chi connectivity index (χ1) is 29.6. The smallest absolute Gasteiger partial charge is 0.463 e. The fourth-order valence-corrected chi connectivity index (χ4v) is 8.26. The van der Waals surface area contributed by atoms with Crippen molar-refractivity contribution in [2.45, 2.75) is 206 Å². The van der Waals surface area contributed by atoms with Crippen LogP contribution in [0, 0.1) is 0 Å². The molecular weight excluding hydrogens is 838 g/mol. The Morgan fingerprint density at radius 2 is 0.871 bits per heavy atom. The van der Waals surface area contributed by atoms with Gasteiger partial charge in [0.05, 0.1) is 41.0 Å². The Morgan fingerprint density at radius 1 is 0.500 bits per heavy atom. The highest BCUT2D eigenvalue weighted by Crippen LogP contribution is 2.45. The van der Waals surface area contributed by atoms with E-state index < -0.39 is 59.6 Å². The second-order valence-corrected chi connectivity index (χ2v) is 20.6. The molecule has 0 radical (unpaired) electrons. The third-order valence-corrected chi connectivity index (χ3v) is 12.5. The van der Waals surface area contributed by atoms with Crippen molar-refractivity contribution in [3.05, 3.63) is 0 Å². The largest absolute Gasteiger partial charge is 0.472 e. The topological polar surface area (TPSA) is 199 Å². The zero-order valence-electron chi connectivity index (χ0n) is 39.9. The normalized spacial score (nSPS) is 14.9. The van der Waals surface area contributed by atoms with Crippen molar-refractivity contribution in [1.29, 1.82) is 0 Å². The average molecular weight is 932 g/mol. The number of ether oxygens (including phenoxy) is 3. The van der Waals surface area contributed by atoms with Gasteiger partial charge in [0.2, 0.25) is 0 Å². The third kappa shape index (κ3) is 43.0. The van der Waals surface area contributed by atoms with Crippen molar-refractivity contribution in [2.24, 2.45) is 5.73 Å². The summed E-state index contributed by atoms with van der Waals surface area (Å²) >= 11 is 0. The first-order valence-electron chi connectivity index (χ1n) is 24.3. The molecule has 0 fully saturated rings. The molecule has 0 saturated heterocycles. The molecule has 15 nitrogen and oxygen atoms in total. The molecule has 0 saturated carbocycles. The van der Waals surface area contributed by atoms with Crippen molar-refractivity contribution < 1.29 is 65.3 Å². The number of quaternary nitrogens is 1. The van der Waals surface area contributed by atoms with Crippen LogP contribution in [-0.4, -0.2) is 112 Å². The summed E-state index contributed by atoms with van der Waals surface area (Å²) in [5.74, 6) is -0.950. The summed E-state index contributed by atoms with van der Waals surface area (Å²) in [4.78, 5) is 46.0. The van der Waals surface area contributed by atoms with Crippen molar-refractivity contribution in [3.8, 4) is 0 Å². The summed E-state index contributed by atoms with van der Waals surface area (Å²) in [6.45, 7) is 2.82. The Kier molecular flexibility index (Phi) is 39.7. The van der Waals surface area contributed by atoms with Crippen molar-refractivity contribution in [3.63, 3.8) is 0 Å². The molecule has 0 bridgehead atoms. The fraction of sp³-hybridized carbons (Fsp3) is 0.956. The van der Waals surface area contributed by atoms with E-state index in [1.807, 2.05) is 21.1 Å². The van der Waals surface area contributed by atoms with Crippen LogP contribution in [0.5, 0.6) is 0 Å². The number of rotatable bonds is 47. The number of carbonyl (C=O) groups excluding carboxylic acids is 2. The quantitative estimate of drug-likeness (QED) is 0.0225. The van der Waals surface area contributed by atoms with Crippen molar-refractivity contribution in [2.75, 3.05) is 73.9 Å². The predicted molar refractivity (Wildman–Crippen MR) is 247 cm³/mol. The number of nitrogens with zero attached hydrogens (tertiary/aromatic N) is 1. The first kappa shape index (κ1) is 61.0. The molecule has 62 heavy (non-hydrogen) atoms. The SMILES string of the molecule is CCCCCCCCCCCCCCCC(=O)OC[C@H](COP(=O)(O)OCCN)OC[C@@H](COC(=O)CCCCCCCCCCCCCCC)OP(=O)(O)OCC[N+](C)(C)C. The number of carbonyl (C=O) groups is 2. The molecule has 4 N–H and O–H groups in total. The lowest BCUT2D eigenvalue weighted by molar-refractivity contribution is -0.870. The number of hydrogen-bond acceptors (Lipinski definition) is 12. The van der Waals surface area contributed by atoms with E-state index in [-0.39, 0.29) is 39.2 Å². The van der Waals surface area contributed by atoms with Crippen LogP contribution < -0.4 is 5.73 Å². The lowest BCUT2D eigenvalue weighted by Crippen LogP contribution is -2.37. The highest BCUT2D eigenvalue weighted by atomic mass is 31.2. The van der Waals surface area contributed by atoms with E-state index in [1.165, 1.54) is 116 Å². The fourth-order valence-electron chi connectivity index (χ4n) is 6.62. The van der Waals surface area contributed by atoms with Gasteiger partial charge in [-0.3, -0.25) is 27.7 Å². The van der Waals surface area contributed by atoms with Gasteiger partial charge in [0.15, 0.2) is 0 Å².